The maximum atomic E-state index is 13.1. The average molecular weight is 497 g/mol. The van der Waals surface area contributed by atoms with Gasteiger partial charge in [0, 0.05) is 5.82 Å². The second-order valence-electron chi connectivity index (χ2n) is 8.57. The quantitative estimate of drug-likeness (QED) is 0.357. The lowest BCUT2D eigenvalue weighted by molar-refractivity contribution is -0.122. The molecular formula is C26H33N4O4P. The molecule has 0 bridgehead atoms. The molecule has 0 spiro atoms. The number of carbonyl (C=O) groups is 1. The van der Waals surface area contributed by atoms with Crippen molar-refractivity contribution < 1.29 is 18.4 Å². The molecule has 9 heteroatoms. The lowest BCUT2D eigenvalue weighted by Gasteiger charge is -2.24. The zero-order valence-corrected chi connectivity index (χ0v) is 21.8. The highest BCUT2D eigenvalue weighted by Gasteiger charge is 2.27. The number of amides is 1. The Morgan fingerprint density at radius 1 is 1.09 bits per heavy atom. The minimum absolute atomic E-state index is 0.149. The smallest absolute Gasteiger partial charge is 0.345 e. The lowest BCUT2D eigenvalue weighted by atomic mass is 9.97. The van der Waals surface area contributed by atoms with E-state index in [1.54, 1.807) is 24.6 Å². The van der Waals surface area contributed by atoms with Crippen molar-refractivity contribution >= 4 is 19.6 Å². The maximum Gasteiger partial charge on any atom is 0.354 e. The molecule has 0 aliphatic rings. The van der Waals surface area contributed by atoms with Crippen LogP contribution in [0.15, 0.2) is 60.5 Å². The Hall–Kier alpha value is -3.06. The molecule has 0 aliphatic heterocycles. The summed E-state index contributed by atoms with van der Waals surface area (Å²) in [6.45, 7) is 9.81. The van der Waals surface area contributed by atoms with E-state index < -0.39 is 13.1 Å². The largest absolute Gasteiger partial charge is 0.354 e. The standard InChI is InChI=1S/C26H33N4O4P/c1-6-33-35(32,34-7-2)17-16-21-13-11-12-20(3)23(21)18-25(31)27-26(4,5)24-19-30(29-28-24)22-14-9-8-10-15-22/h8-17,19H,6-7,18H2,1-5H3,(H,27,31)/b17-16+. The number of carbonyl (C=O) groups excluding carboxylic acids is 1. The normalized spacial score (nSPS) is 12.3. The van der Waals surface area contributed by atoms with Crippen LogP contribution in [0, 0.1) is 6.92 Å². The van der Waals surface area contributed by atoms with Gasteiger partial charge < -0.3 is 14.4 Å². The molecule has 0 saturated carbocycles. The number of hydrogen-bond donors (Lipinski definition) is 1. The van der Waals surface area contributed by atoms with Gasteiger partial charge in [-0.05, 0) is 69.5 Å². The first-order valence-electron chi connectivity index (χ1n) is 11.6. The van der Waals surface area contributed by atoms with Crippen LogP contribution in [0.4, 0.5) is 0 Å². The van der Waals surface area contributed by atoms with Crippen LogP contribution in [-0.2, 0) is 30.4 Å². The SMILES string of the molecule is CCOP(=O)(/C=C/c1cccc(C)c1CC(=O)NC(C)(C)c1cn(-c2ccccc2)nn1)OCC. The van der Waals surface area contributed by atoms with E-state index in [4.69, 9.17) is 9.05 Å². The molecule has 0 unspecified atom stereocenters. The summed E-state index contributed by atoms with van der Waals surface area (Å²) in [4.78, 5) is 13.1. The molecule has 0 radical (unpaired) electrons. The second kappa shape index (κ2) is 11.6. The Morgan fingerprint density at radius 2 is 1.77 bits per heavy atom. The van der Waals surface area contributed by atoms with Gasteiger partial charge in [0.1, 0.15) is 5.69 Å². The predicted molar refractivity (Wildman–Crippen MR) is 137 cm³/mol. The first kappa shape index (κ1) is 26.5. The van der Waals surface area contributed by atoms with Crippen LogP contribution < -0.4 is 5.32 Å². The van der Waals surface area contributed by atoms with Crippen molar-refractivity contribution in [1.82, 2.24) is 20.3 Å². The fourth-order valence-electron chi connectivity index (χ4n) is 3.65. The zero-order chi connectivity index (χ0) is 25.5. The van der Waals surface area contributed by atoms with Crippen molar-refractivity contribution in [1.29, 1.82) is 0 Å². The van der Waals surface area contributed by atoms with Crippen molar-refractivity contribution in [2.75, 3.05) is 13.2 Å². The van der Waals surface area contributed by atoms with Gasteiger partial charge in [0.05, 0.1) is 37.1 Å². The molecule has 0 atom stereocenters. The molecule has 1 amide bonds. The molecule has 2 aromatic carbocycles. The van der Waals surface area contributed by atoms with E-state index in [0.29, 0.717) is 5.69 Å². The summed E-state index contributed by atoms with van der Waals surface area (Å²) in [7, 11) is -3.35. The van der Waals surface area contributed by atoms with Gasteiger partial charge in [-0.2, -0.15) is 0 Å². The Labute approximate surface area is 206 Å². The van der Waals surface area contributed by atoms with Crippen LogP contribution in [0.1, 0.15) is 50.1 Å². The minimum atomic E-state index is -3.35. The van der Waals surface area contributed by atoms with Crippen molar-refractivity contribution in [2.24, 2.45) is 0 Å². The third-order valence-corrected chi connectivity index (χ3v) is 7.20. The van der Waals surface area contributed by atoms with Crippen LogP contribution in [0.25, 0.3) is 11.8 Å². The van der Waals surface area contributed by atoms with Gasteiger partial charge >= 0.3 is 7.60 Å². The number of hydrogen-bond acceptors (Lipinski definition) is 6. The van der Waals surface area contributed by atoms with Gasteiger partial charge in [0.2, 0.25) is 5.91 Å². The number of nitrogens with one attached hydrogen (secondary N) is 1. The third kappa shape index (κ3) is 6.98. The number of nitrogens with zero attached hydrogens (tertiary/aromatic N) is 3. The topological polar surface area (TPSA) is 95.3 Å². The van der Waals surface area contributed by atoms with Gasteiger partial charge in [0.15, 0.2) is 0 Å². The van der Waals surface area contributed by atoms with E-state index in [-0.39, 0.29) is 25.5 Å². The summed E-state index contributed by atoms with van der Waals surface area (Å²) >= 11 is 0. The molecule has 1 aromatic heterocycles. The summed E-state index contributed by atoms with van der Waals surface area (Å²) < 4.78 is 25.2. The number of aromatic nitrogens is 3. The van der Waals surface area contributed by atoms with E-state index in [1.165, 1.54) is 5.82 Å². The lowest BCUT2D eigenvalue weighted by Crippen LogP contribution is -2.42. The molecule has 35 heavy (non-hydrogen) atoms. The van der Waals surface area contributed by atoms with E-state index in [9.17, 15) is 9.36 Å². The number of benzene rings is 2. The molecule has 3 aromatic rings. The predicted octanol–water partition coefficient (Wildman–Crippen LogP) is 5.41. The highest BCUT2D eigenvalue weighted by molar-refractivity contribution is 7.57. The first-order valence-corrected chi connectivity index (χ1v) is 13.2. The first-order chi connectivity index (χ1) is 16.7. The summed E-state index contributed by atoms with van der Waals surface area (Å²) in [6, 6.07) is 15.4. The Kier molecular flexibility index (Phi) is 8.78. The van der Waals surface area contributed by atoms with Crippen LogP contribution in [0.5, 0.6) is 0 Å². The van der Waals surface area contributed by atoms with E-state index in [1.807, 2.05) is 75.5 Å². The van der Waals surface area contributed by atoms with Gasteiger partial charge in [-0.25, -0.2) is 4.68 Å². The molecule has 3 rings (SSSR count). The fourth-order valence-corrected chi connectivity index (χ4v) is 4.96. The van der Waals surface area contributed by atoms with Crippen LogP contribution in [0.2, 0.25) is 0 Å². The number of rotatable bonds is 11. The van der Waals surface area contributed by atoms with Gasteiger partial charge in [0.25, 0.3) is 0 Å². The van der Waals surface area contributed by atoms with Crippen molar-refractivity contribution in [3.05, 3.63) is 82.9 Å². The highest BCUT2D eigenvalue weighted by atomic mass is 31.2. The monoisotopic (exact) mass is 496 g/mol. The fraction of sp³-hybridized carbons (Fsp3) is 0.346. The maximum absolute atomic E-state index is 13.1. The minimum Gasteiger partial charge on any atom is -0.345 e. The summed E-state index contributed by atoms with van der Waals surface area (Å²) in [6.07, 6.45) is 3.67. The van der Waals surface area contributed by atoms with Crippen LogP contribution in [-0.4, -0.2) is 34.1 Å². The van der Waals surface area contributed by atoms with Gasteiger partial charge in [-0.1, -0.05) is 41.6 Å². The van der Waals surface area contributed by atoms with E-state index in [2.05, 4.69) is 15.6 Å². The van der Waals surface area contributed by atoms with Crippen molar-refractivity contribution in [3.63, 3.8) is 0 Å². The van der Waals surface area contributed by atoms with Crippen LogP contribution >= 0.6 is 7.60 Å². The molecule has 8 nitrogen and oxygen atoms in total. The summed E-state index contributed by atoms with van der Waals surface area (Å²) in [5, 5.41) is 11.6. The molecule has 1 N–H and O–H groups in total. The molecule has 1 heterocycles. The van der Waals surface area contributed by atoms with Gasteiger partial charge in [-0.15, -0.1) is 5.10 Å². The van der Waals surface area contributed by atoms with Crippen molar-refractivity contribution in [3.8, 4) is 5.69 Å². The van der Waals surface area contributed by atoms with Crippen molar-refractivity contribution in [2.45, 2.75) is 46.6 Å². The molecule has 0 saturated heterocycles. The average Bonchev–Trinajstić information content (AvgIpc) is 3.32. The third-order valence-electron chi connectivity index (χ3n) is 5.44. The second-order valence-corrected chi connectivity index (χ2v) is 10.5. The van der Waals surface area contributed by atoms with E-state index in [0.717, 1.165) is 22.4 Å². The molecule has 186 valence electrons. The molecule has 0 aliphatic carbocycles. The molecular weight excluding hydrogens is 463 g/mol. The Bertz CT molecular complexity index is 1210. The van der Waals surface area contributed by atoms with E-state index >= 15 is 0 Å². The summed E-state index contributed by atoms with van der Waals surface area (Å²) in [5.41, 5.74) is 3.38. The Balaban J connectivity index is 1.77. The highest BCUT2D eigenvalue weighted by Crippen LogP contribution is 2.50. The Morgan fingerprint density at radius 3 is 2.43 bits per heavy atom. The zero-order valence-electron chi connectivity index (χ0n) is 20.9. The summed E-state index contributed by atoms with van der Waals surface area (Å²) in [5.74, 6) is 1.30. The number of para-hydroxylation sites is 1. The molecule has 0 fully saturated rings. The van der Waals surface area contributed by atoms with Crippen LogP contribution in [0.3, 0.4) is 0 Å². The van der Waals surface area contributed by atoms with Gasteiger partial charge in [-0.3, -0.25) is 9.36 Å². The number of aryl methyl sites for hydroxylation is 1.